The van der Waals surface area contributed by atoms with Crippen LogP contribution in [-0.2, 0) is 26.8 Å². The van der Waals surface area contributed by atoms with Crippen molar-refractivity contribution in [3.63, 3.8) is 0 Å². The molecule has 0 aliphatic rings. The summed E-state index contributed by atoms with van der Waals surface area (Å²) >= 11 is 0. The van der Waals surface area contributed by atoms with E-state index < -0.39 is 17.7 Å². The highest BCUT2D eigenvalue weighted by atomic mass is 19.4. The highest BCUT2D eigenvalue weighted by Crippen LogP contribution is 2.37. The largest absolute Gasteiger partial charge is 0.416 e. The Morgan fingerprint density at radius 1 is 0.639 bits per heavy atom. The standard InChI is InChI=1S/C30H51F3O3/c1-8-9-10-11-12-13-17-28(30(34-23(2)3,35-24(4)5)36-25(6)7)18-15-14-16-26-19-21-27(22-20-26)29(31,32)33/h19-25,28H,8-18H2,1-7H3. The van der Waals surface area contributed by atoms with Crippen molar-refractivity contribution < 1.29 is 27.4 Å². The van der Waals surface area contributed by atoms with Gasteiger partial charge in [0, 0.05) is 5.92 Å². The zero-order valence-corrected chi connectivity index (χ0v) is 23.8. The van der Waals surface area contributed by atoms with Crippen molar-refractivity contribution in [1.29, 1.82) is 0 Å². The van der Waals surface area contributed by atoms with E-state index in [9.17, 15) is 13.2 Å². The van der Waals surface area contributed by atoms with Gasteiger partial charge in [0.15, 0.2) is 0 Å². The van der Waals surface area contributed by atoms with E-state index >= 15 is 0 Å². The van der Waals surface area contributed by atoms with Gasteiger partial charge in [0.25, 0.3) is 5.97 Å². The number of aryl methyl sites for hydroxylation is 1. The maximum atomic E-state index is 12.9. The van der Waals surface area contributed by atoms with Gasteiger partial charge in [0.2, 0.25) is 0 Å². The summed E-state index contributed by atoms with van der Waals surface area (Å²) in [5.41, 5.74) is 0.328. The Bertz CT molecular complexity index is 657. The molecular formula is C30H51F3O3. The minimum atomic E-state index is -4.30. The van der Waals surface area contributed by atoms with Crippen molar-refractivity contribution in [2.75, 3.05) is 0 Å². The summed E-state index contributed by atoms with van der Waals surface area (Å²) in [7, 11) is 0. The van der Waals surface area contributed by atoms with Gasteiger partial charge in [-0.3, -0.25) is 0 Å². The maximum Gasteiger partial charge on any atom is 0.416 e. The first-order valence-corrected chi connectivity index (χ1v) is 14.1. The van der Waals surface area contributed by atoms with Crippen LogP contribution in [0, 0.1) is 5.92 Å². The van der Waals surface area contributed by atoms with Gasteiger partial charge < -0.3 is 14.2 Å². The second-order valence-electron chi connectivity index (χ2n) is 10.8. The molecule has 0 radical (unpaired) electrons. The van der Waals surface area contributed by atoms with Crippen molar-refractivity contribution in [1.82, 2.24) is 0 Å². The Labute approximate surface area is 218 Å². The second kappa shape index (κ2) is 16.7. The summed E-state index contributed by atoms with van der Waals surface area (Å²) in [4.78, 5) is 0. The number of hydrogen-bond donors (Lipinski definition) is 0. The van der Waals surface area contributed by atoms with Gasteiger partial charge in [-0.2, -0.15) is 13.2 Å². The summed E-state index contributed by atoms with van der Waals surface area (Å²) in [6, 6.07) is 5.52. The number of benzene rings is 1. The molecule has 1 aromatic carbocycles. The smallest absolute Gasteiger partial charge is 0.324 e. The van der Waals surface area contributed by atoms with Crippen molar-refractivity contribution in [2.24, 2.45) is 5.92 Å². The molecule has 0 amide bonds. The van der Waals surface area contributed by atoms with Crippen LogP contribution in [0.1, 0.15) is 124 Å². The Morgan fingerprint density at radius 3 is 1.53 bits per heavy atom. The number of ether oxygens (including phenoxy) is 3. The van der Waals surface area contributed by atoms with Crippen LogP contribution in [0.4, 0.5) is 13.2 Å². The summed E-state index contributed by atoms with van der Waals surface area (Å²) < 4.78 is 57.8. The van der Waals surface area contributed by atoms with E-state index in [1.807, 2.05) is 41.5 Å². The number of alkyl halides is 3. The first-order chi connectivity index (χ1) is 16.9. The topological polar surface area (TPSA) is 27.7 Å². The molecular weight excluding hydrogens is 465 g/mol. The van der Waals surface area contributed by atoms with Gasteiger partial charge in [-0.05, 0) is 84.9 Å². The highest BCUT2D eigenvalue weighted by molar-refractivity contribution is 5.24. The normalized spacial score (nSPS) is 13.8. The third kappa shape index (κ3) is 12.9. The lowest BCUT2D eigenvalue weighted by Gasteiger charge is -2.43. The summed E-state index contributed by atoms with van der Waals surface area (Å²) in [5, 5.41) is 0. The van der Waals surface area contributed by atoms with Gasteiger partial charge in [0.1, 0.15) is 0 Å². The first kappa shape index (κ1) is 32.9. The van der Waals surface area contributed by atoms with Crippen LogP contribution in [-0.4, -0.2) is 24.3 Å². The van der Waals surface area contributed by atoms with E-state index in [1.54, 1.807) is 12.1 Å². The molecule has 1 atom stereocenters. The third-order valence-electron chi connectivity index (χ3n) is 6.16. The van der Waals surface area contributed by atoms with E-state index in [4.69, 9.17) is 14.2 Å². The van der Waals surface area contributed by atoms with Crippen molar-refractivity contribution in [3.05, 3.63) is 35.4 Å². The number of rotatable bonds is 19. The SMILES string of the molecule is CCCCCCCCC(CCCCc1ccc(C(F)(F)F)cc1)C(OC(C)C)(OC(C)C)OC(C)C. The fourth-order valence-corrected chi connectivity index (χ4v) is 4.61. The molecule has 0 heterocycles. The minimum Gasteiger partial charge on any atom is -0.324 e. The molecule has 0 saturated heterocycles. The molecule has 0 bridgehead atoms. The predicted octanol–water partition coefficient (Wildman–Crippen LogP) is 9.71. The Kier molecular flexibility index (Phi) is 15.2. The molecule has 0 saturated carbocycles. The molecule has 6 heteroatoms. The van der Waals surface area contributed by atoms with Crippen LogP contribution in [0.3, 0.4) is 0 Å². The lowest BCUT2D eigenvalue weighted by molar-refractivity contribution is -0.433. The molecule has 1 aromatic rings. The van der Waals surface area contributed by atoms with E-state index in [0.717, 1.165) is 44.1 Å². The molecule has 1 rings (SSSR count). The lowest BCUT2D eigenvalue weighted by atomic mass is 9.91. The Balaban J connectivity index is 2.91. The fraction of sp³-hybridized carbons (Fsp3) is 0.800. The van der Waals surface area contributed by atoms with Crippen LogP contribution in [0.2, 0.25) is 0 Å². The van der Waals surface area contributed by atoms with Crippen LogP contribution < -0.4 is 0 Å². The molecule has 0 spiro atoms. The van der Waals surface area contributed by atoms with Gasteiger partial charge in [-0.15, -0.1) is 0 Å². The quantitative estimate of drug-likeness (QED) is 0.135. The molecule has 0 aromatic heterocycles. The van der Waals surface area contributed by atoms with Crippen molar-refractivity contribution in [2.45, 2.75) is 150 Å². The number of halogens is 3. The van der Waals surface area contributed by atoms with Crippen LogP contribution in [0.25, 0.3) is 0 Å². The molecule has 0 fully saturated rings. The second-order valence-corrected chi connectivity index (χ2v) is 10.8. The molecule has 0 aliphatic heterocycles. The molecule has 36 heavy (non-hydrogen) atoms. The van der Waals surface area contributed by atoms with E-state index in [0.29, 0.717) is 0 Å². The van der Waals surface area contributed by atoms with Crippen LogP contribution in [0.15, 0.2) is 24.3 Å². The van der Waals surface area contributed by atoms with E-state index in [1.165, 1.54) is 44.2 Å². The summed E-state index contributed by atoms with van der Waals surface area (Å²) in [6.45, 7) is 14.3. The molecule has 0 aliphatic carbocycles. The van der Waals surface area contributed by atoms with Crippen LogP contribution in [0.5, 0.6) is 0 Å². The zero-order valence-electron chi connectivity index (χ0n) is 23.8. The highest BCUT2D eigenvalue weighted by Gasteiger charge is 2.44. The number of unbranched alkanes of at least 4 members (excludes halogenated alkanes) is 6. The first-order valence-electron chi connectivity index (χ1n) is 14.1. The third-order valence-corrected chi connectivity index (χ3v) is 6.16. The van der Waals surface area contributed by atoms with Gasteiger partial charge >= 0.3 is 6.18 Å². The van der Waals surface area contributed by atoms with Crippen molar-refractivity contribution >= 4 is 0 Å². The average Bonchev–Trinajstić information content (AvgIpc) is 2.75. The Morgan fingerprint density at radius 2 is 1.08 bits per heavy atom. The molecule has 0 N–H and O–H groups in total. The van der Waals surface area contributed by atoms with E-state index in [-0.39, 0.29) is 24.2 Å². The zero-order chi connectivity index (χ0) is 27.2. The monoisotopic (exact) mass is 516 g/mol. The van der Waals surface area contributed by atoms with Gasteiger partial charge in [-0.1, -0.05) is 64.0 Å². The van der Waals surface area contributed by atoms with Gasteiger partial charge in [0.05, 0.1) is 23.9 Å². The summed E-state index contributed by atoms with van der Waals surface area (Å²) in [5.74, 6) is -1.03. The fourth-order valence-electron chi connectivity index (χ4n) is 4.61. The molecule has 210 valence electrons. The predicted molar refractivity (Wildman–Crippen MR) is 142 cm³/mol. The summed E-state index contributed by atoms with van der Waals surface area (Å²) in [6.07, 6.45) is 7.24. The minimum absolute atomic E-state index is 0.0540. The van der Waals surface area contributed by atoms with Crippen LogP contribution >= 0.6 is 0 Å². The lowest BCUT2D eigenvalue weighted by Crippen LogP contribution is -2.50. The number of hydrogen-bond acceptors (Lipinski definition) is 3. The Hall–Kier alpha value is -1.11. The average molecular weight is 517 g/mol. The molecule has 3 nitrogen and oxygen atoms in total. The van der Waals surface area contributed by atoms with Crippen molar-refractivity contribution in [3.8, 4) is 0 Å². The maximum absolute atomic E-state index is 12.9. The molecule has 1 unspecified atom stereocenters. The van der Waals surface area contributed by atoms with Gasteiger partial charge in [-0.25, -0.2) is 0 Å². The van der Waals surface area contributed by atoms with E-state index in [2.05, 4.69) is 6.92 Å².